The quantitative estimate of drug-likeness (QED) is 0.772. The summed E-state index contributed by atoms with van der Waals surface area (Å²) in [6.45, 7) is 5.06. The molecule has 3 rings (SSSR count). The molecule has 20 heavy (non-hydrogen) atoms. The Bertz CT molecular complexity index is 395. The van der Waals surface area contributed by atoms with Crippen molar-refractivity contribution in [3.05, 3.63) is 35.9 Å². The van der Waals surface area contributed by atoms with Crippen molar-refractivity contribution >= 4 is 0 Å². The van der Waals surface area contributed by atoms with E-state index in [2.05, 4.69) is 42.2 Å². The standard InChI is InChI=1S/C19H29N/c1-17(16-18-8-4-2-5-9-18)20-14-12-19(13-15-20)10-6-3-7-11-19/h2,4-5,8-9,17H,3,6-7,10-16H2,1H3/t17-/m0/s1. The monoisotopic (exact) mass is 271 g/mol. The van der Waals surface area contributed by atoms with Crippen LogP contribution in [0.1, 0.15) is 57.4 Å². The van der Waals surface area contributed by atoms with Crippen molar-refractivity contribution in [1.82, 2.24) is 4.90 Å². The molecule has 1 heteroatoms. The highest BCUT2D eigenvalue weighted by atomic mass is 15.2. The minimum absolute atomic E-state index is 0.693. The van der Waals surface area contributed by atoms with Crippen molar-refractivity contribution in [3.63, 3.8) is 0 Å². The van der Waals surface area contributed by atoms with Gasteiger partial charge >= 0.3 is 0 Å². The molecule has 0 bridgehead atoms. The Morgan fingerprint density at radius 1 is 0.950 bits per heavy atom. The summed E-state index contributed by atoms with van der Waals surface area (Å²) < 4.78 is 0. The van der Waals surface area contributed by atoms with Crippen LogP contribution in [-0.2, 0) is 6.42 Å². The van der Waals surface area contributed by atoms with Crippen LogP contribution in [0.25, 0.3) is 0 Å². The second kappa shape index (κ2) is 6.30. The predicted molar refractivity (Wildman–Crippen MR) is 85.9 cm³/mol. The van der Waals surface area contributed by atoms with Gasteiger partial charge < -0.3 is 4.90 Å². The fourth-order valence-electron chi connectivity index (χ4n) is 4.33. The first-order valence-electron chi connectivity index (χ1n) is 8.55. The number of rotatable bonds is 3. The van der Waals surface area contributed by atoms with Crippen LogP contribution in [0, 0.1) is 5.41 Å². The number of likely N-dealkylation sites (tertiary alicyclic amines) is 1. The molecular formula is C19H29N. The molecule has 2 aliphatic rings. The third-order valence-electron chi connectivity index (χ3n) is 5.77. The zero-order chi connectivity index (χ0) is 13.8. The van der Waals surface area contributed by atoms with Gasteiger partial charge in [-0.1, -0.05) is 49.6 Å². The van der Waals surface area contributed by atoms with Crippen LogP contribution >= 0.6 is 0 Å². The highest BCUT2D eigenvalue weighted by molar-refractivity contribution is 5.15. The summed E-state index contributed by atoms with van der Waals surface area (Å²) in [7, 11) is 0. The van der Waals surface area contributed by atoms with Crippen LogP contribution in [0.15, 0.2) is 30.3 Å². The third-order valence-corrected chi connectivity index (χ3v) is 5.77. The summed E-state index contributed by atoms with van der Waals surface area (Å²) in [5, 5.41) is 0. The summed E-state index contributed by atoms with van der Waals surface area (Å²) in [5.74, 6) is 0. The lowest BCUT2D eigenvalue weighted by Crippen LogP contribution is -2.45. The summed E-state index contributed by atoms with van der Waals surface area (Å²) in [4.78, 5) is 2.73. The van der Waals surface area contributed by atoms with Crippen LogP contribution in [-0.4, -0.2) is 24.0 Å². The molecule has 1 aliphatic carbocycles. The summed E-state index contributed by atoms with van der Waals surface area (Å²) in [5.41, 5.74) is 2.22. The number of hydrogen-bond donors (Lipinski definition) is 0. The molecule has 1 spiro atoms. The topological polar surface area (TPSA) is 3.24 Å². The second-order valence-corrected chi connectivity index (χ2v) is 7.14. The van der Waals surface area contributed by atoms with E-state index in [-0.39, 0.29) is 0 Å². The maximum Gasteiger partial charge on any atom is 0.0107 e. The van der Waals surface area contributed by atoms with Crippen molar-refractivity contribution in [2.24, 2.45) is 5.41 Å². The molecule has 1 aliphatic heterocycles. The van der Waals surface area contributed by atoms with E-state index in [4.69, 9.17) is 0 Å². The molecular weight excluding hydrogens is 242 g/mol. The Kier molecular flexibility index (Phi) is 4.45. The average molecular weight is 271 g/mol. The Hall–Kier alpha value is -0.820. The highest BCUT2D eigenvalue weighted by Gasteiger charge is 2.36. The Morgan fingerprint density at radius 3 is 2.25 bits per heavy atom. The molecule has 0 aromatic heterocycles. The van der Waals surface area contributed by atoms with Crippen molar-refractivity contribution in [3.8, 4) is 0 Å². The number of nitrogens with zero attached hydrogens (tertiary/aromatic N) is 1. The molecule has 1 aromatic carbocycles. The molecule has 1 saturated carbocycles. The minimum Gasteiger partial charge on any atom is -0.300 e. The van der Waals surface area contributed by atoms with Crippen molar-refractivity contribution in [2.45, 2.75) is 64.3 Å². The fraction of sp³-hybridized carbons (Fsp3) is 0.684. The zero-order valence-corrected chi connectivity index (χ0v) is 13.0. The highest BCUT2D eigenvalue weighted by Crippen LogP contribution is 2.44. The third kappa shape index (κ3) is 3.25. The normalized spacial score (nSPS) is 24.6. The van der Waals surface area contributed by atoms with Crippen LogP contribution in [0.3, 0.4) is 0 Å². The minimum atomic E-state index is 0.693. The van der Waals surface area contributed by atoms with Crippen molar-refractivity contribution in [1.29, 1.82) is 0 Å². The molecule has 0 radical (unpaired) electrons. The van der Waals surface area contributed by atoms with E-state index in [1.807, 2.05) is 0 Å². The molecule has 1 aromatic rings. The summed E-state index contributed by atoms with van der Waals surface area (Å²) in [6.07, 6.45) is 11.6. The molecule has 0 unspecified atom stereocenters. The van der Waals surface area contributed by atoms with Gasteiger partial charge in [0.1, 0.15) is 0 Å². The number of benzene rings is 1. The van der Waals surface area contributed by atoms with E-state index >= 15 is 0 Å². The number of piperidine rings is 1. The van der Waals surface area contributed by atoms with Crippen LogP contribution < -0.4 is 0 Å². The van der Waals surface area contributed by atoms with Gasteiger partial charge in [0.15, 0.2) is 0 Å². The van der Waals surface area contributed by atoms with Gasteiger partial charge in [-0.25, -0.2) is 0 Å². The lowest BCUT2D eigenvalue weighted by molar-refractivity contribution is 0.0491. The van der Waals surface area contributed by atoms with Gasteiger partial charge in [-0.3, -0.25) is 0 Å². The van der Waals surface area contributed by atoms with Crippen LogP contribution in [0.5, 0.6) is 0 Å². The van der Waals surface area contributed by atoms with E-state index in [1.54, 1.807) is 0 Å². The van der Waals surface area contributed by atoms with Gasteiger partial charge in [-0.2, -0.15) is 0 Å². The lowest BCUT2D eigenvalue weighted by Gasteiger charge is -2.46. The maximum atomic E-state index is 2.73. The molecule has 1 atom stereocenters. The molecule has 2 fully saturated rings. The SMILES string of the molecule is C[C@@H](Cc1ccccc1)N1CCC2(CCCCC2)CC1. The first kappa shape index (κ1) is 14.1. The van der Waals surface area contributed by atoms with Crippen LogP contribution in [0.4, 0.5) is 0 Å². The second-order valence-electron chi connectivity index (χ2n) is 7.14. The largest absolute Gasteiger partial charge is 0.300 e. The van der Waals surface area contributed by atoms with Gasteiger partial charge in [0, 0.05) is 6.04 Å². The predicted octanol–water partition coefficient (Wildman–Crippen LogP) is 4.66. The van der Waals surface area contributed by atoms with Crippen molar-refractivity contribution < 1.29 is 0 Å². The summed E-state index contributed by atoms with van der Waals surface area (Å²) >= 11 is 0. The van der Waals surface area contributed by atoms with Crippen LogP contribution in [0.2, 0.25) is 0 Å². The van der Waals surface area contributed by atoms with Gasteiger partial charge in [-0.05, 0) is 63.1 Å². The van der Waals surface area contributed by atoms with E-state index in [1.165, 1.54) is 70.0 Å². The van der Waals surface area contributed by atoms with E-state index in [0.717, 1.165) is 5.41 Å². The first-order valence-corrected chi connectivity index (χ1v) is 8.55. The molecule has 1 nitrogen and oxygen atoms in total. The van der Waals surface area contributed by atoms with Gasteiger partial charge in [0.2, 0.25) is 0 Å². The Labute approximate surface area is 124 Å². The maximum absolute atomic E-state index is 2.73. The average Bonchev–Trinajstić information content (AvgIpc) is 2.50. The fourth-order valence-corrected chi connectivity index (χ4v) is 4.33. The Morgan fingerprint density at radius 2 is 1.60 bits per heavy atom. The van der Waals surface area contributed by atoms with Gasteiger partial charge in [0.25, 0.3) is 0 Å². The smallest absolute Gasteiger partial charge is 0.0107 e. The summed E-state index contributed by atoms with van der Waals surface area (Å²) in [6, 6.07) is 11.7. The zero-order valence-electron chi connectivity index (χ0n) is 13.0. The van der Waals surface area contributed by atoms with Crippen molar-refractivity contribution in [2.75, 3.05) is 13.1 Å². The van der Waals surface area contributed by atoms with E-state index in [0.29, 0.717) is 6.04 Å². The van der Waals surface area contributed by atoms with Gasteiger partial charge in [0.05, 0.1) is 0 Å². The van der Waals surface area contributed by atoms with E-state index < -0.39 is 0 Å². The Balaban J connectivity index is 1.52. The van der Waals surface area contributed by atoms with E-state index in [9.17, 15) is 0 Å². The molecule has 0 amide bonds. The molecule has 1 saturated heterocycles. The molecule has 0 N–H and O–H groups in total. The molecule has 110 valence electrons. The van der Waals surface area contributed by atoms with Gasteiger partial charge in [-0.15, -0.1) is 0 Å². The molecule has 1 heterocycles. The number of hydrogen-bond acceptors (Lipinski definition) is 1. The first-order chi connectivity index (χ1) is 9.77. The lowest BCUT2D eigenvalue weighted by atomic mass is 9.68.